The second kappa shape index (κ2) is 5.03. The third-order valence-electron chi connectivity index (χ3n) is 2.85. The molecule has 1 aliphatic rings. The minimum atomic E-state index is -4.45. The summed E-state index contributed by atoms with van der Waals surface area (Å²) in [5.41, 5.74) is 5.46. The number of carbonyl (C=O) groups is 1. The van der Waals surface area contributed by atoms with Crippen LogP contribution < -0.4 is 11.1 Å². The molecule has 3 nitrogen and oxygen atoms in total. The van der Waals surface area contributed by atoms with Crippen LogP contribution in [0.1, 0.15) is 38.5 Å². The molecule has 0 aromatic heterocycles. The summed E-state index contributed by atoms with van der Waals surface area (Å²) in [7, 11) is 0. The van der Waals surface area contributed by atoms with Crippen LogP contribution >= 0.6 is 0 Å². The highest BCUT2D eigenvalue weighted by molar-refractivity contribution is 5.76. The molecule has 0 unspecified atom stereocenters. The number of hydrogen-bond acceptors (Lipinski definition) is 2. The van der Waals surface area contributed by atoms with Gasteiger partial charge in [0.05, 0.1) is 0 Å². The molecule has 0 radical (unpaired) electrons. The molecule has 0 heterocycles. The minimum absolute atomic E-state index is 0.141. The predicted octanol–water partition coefficient (Wildman–Crippen LogP) is 1.72. The maximum absolute atomic E-state index is 11.9. The summed E-state index contributed by atoms with van der Waals surface area (Å²) >= 11 is 0. The summed E-state index contributed by atoms with van der Waals surface area (Å²) in [6, 6.07) is 0. The van der Waals surface area contributed by atoms with Crippen molar-refractivity contribution < 1.29 is 18.0 Å². The molecule has 1 aliphatic carbocycles. The summed E-state index contributed by atoms with van der Waals surface area (Å²) in [6.07, 6.45) is -1.28. The average molecular weight is 238 g/mol. The van der Waals surface area contributed by atoms with Gasteiger partial charge in [-0.15, -0.1) is 0 Å². The first-order chi connectivity index (χ1) is 7.31. The zero-order chi connectivity index (χ0) is 12.2. The van der Waals surface area contributed by atoms with E-state index < -0.39 is 24.0 Å². The van der Waals surface area contributed by atoms with E-state index >= 15 is 0 Å². The second-order valence-electron chi connectivity index (χ2n) is 4.49. The van der Waals surface area contributed by atoms with Crippen LogP contribution in [-0.4, -0.2) is 24.2 Å². The molecule has 1 rings (SSSR count). The van der Waals surface area contributed by atoms with Gasteiger partial charge in [-0.25, -0.2) is 0 Å². The van der Waals surface area contributed by atoms with E-state index in [2.05, 4.69) is 5.32 Å². The van der Waals surface area contributed by atoms with E-state index in [9.17, 15) is 18.0 Å². The highest BCUT2D eigenvalue weighted by Gasteiger charge is 2.33. The normalized spacial score (nSPS) is 20.5. The van der Waals surface area contributed by atoms with Crippen LogP contribution in [0.4, 0.5) is 13.2 Å². The lowest BCUT2D eigenvalue weighted by molar-refractivity contribution is -0.153. The number of amides is 1. The lowest BCUT2D eigenvalue weighted by Gasteiger charge is -2.33. The molecule has 1 saturated carbocycles. The van der Waals surface area contributed by atoms with Gasteiger partial charge in [-0.3, -0.25) is 4.79 Å². The van der Waals surface area contributed by atoms with E-state index in [1.165, 1.54) is 0 Å². The highest BCUT2D eigenvalue weighted by Crippen LogP contribution is 2.25. The summed E-state index contributed by atoms with van der Waals surface area (Å²) < 4.78 is 35.6. The Bertz CT molecular complexity index is 247. The molecule has 0 aliphatic heterocycles. The van der Waals surface area contributed by atoms with Gasteiger partial charge in [0.25, 0.3) is 0 Å². The van der Waals surface area contributed by atoms with Crippen molar-refractivity contribution in [3.05, 3.63) is 0 Å². The fourth-order valence-electron chi connectivity index (χ4n) is 1.95. The van der Waals surface area contributed by atoms with E-state index in [-0.39, 0.29) is 6.54 Å². The number of rotatable bonds is 3. The Balaban J connectivity index is 2.30. The number of nitrogens with two attached hydrogens (primary N) is 1. The molecule has 0 aromatic rings. The van der Waals surface area contributed by atoms with Crippen LogP contribution in [0.25, 0.3) is 0 Å². The molecular weight excluding hydrogens is 221 g/mol. The molecule has 6 heteroatoms. The van der Waals surface area contributed by atoms with Crippen molar-refractivity contribution in [1.29, 1.82) is 0 Å². The molecule has 3 N–H and O–H groups in total. The van der Waals surface area contributed by atoms with Gasteiger partial charge in [-0.2, -0.15) is 13.2 Å². The maximum Gasteiger partial charge on any atom is 0.397 e. The Kier molecular flexibility index (Phi) is 4.18. The van der Waals surface area contributed by atoms with Crippen molar-refractivity contribution in [2.24, 2.45) is 5.73 Å². The van der Waals surface area contributed by atoms with Crippen LogP contribution in [0.3, 0.4) is 0 Å². The molecule has 0 spiro atoms. The lowest BCUT2D eigenvalue weighted by Crippen LogP contribution is -2.51. The molecule has 0 bridgehead atoms. The van der Waals surface area contributed by atoms with E-state index in [0.717, 1.165) is 32.1 Å². The fraction of sp³-hybridized carbons (Fsp3) is 0.900. The third kappa shape index (κ3) is 4.83. The first-order valence-corrected chi connectivity index (χ1v) is 5.43. The Hall–Kier alpha value is -0.780. The standard InChI is InChI=1S/C10H17F3N2O/c11-10(12,13)6-8(16)15-7-9(14)4-2-1-3-5-9/h1-7,14H2,(H,15,16). The van der Waals surface area contributed by atoms with Gasteiger partial charge < -0.3 is 11.1 Å². The summed E-state index contributed by atoms with van der Waals surface area (Å²) in [4.78, 5) is 11.0. The van der Waals surface area contributed by atoms with Crippen LogP contribution in [0.2, 0.25) is 0 Å². The topological polar surface area (TPSA) is 55.1 Å². The largest absolute Gasteiger partial charge is 0.397 e. The third-order valence-corrected chi connectivity index (χ3v) is 2.85. The number of hydrogen-bond donors (Lipinski definition) is 2. The summed E-state index contributed by atoms with van der Waals surface area (Å²) in [6.45, 7) is 0.141. The van der Waals surface area contributed by atoms with E-state index in [1.807, 2.05) is 0 Å². The van der Waals surface area contributed by atoms with Gasteiger partial charge in [-0.1, -0.05) is 19.3 Å². The van der Waals surface area contributed by atoms with Gasteiger partial charge >= 0.3 is 6.18 Å². The molecule has 1 fully saturated rings. The van der Waals surface area contributed by atoms with Gasteiger partial charge in [0.1, 0.15) is 6.42 Å². The quantitative estimate of drug-likeness (QED) is 0.786. The molecule has 0 atom stereocenters. The zero-order valence-corrected chi connectivity index (χ0v) is 9.07. The predicted molar refractivity (Wildman–Crippen MR) is 53.7 cm³/mol. The molecule has 0 aromatic carbocycles. The van der Waals surface area contributed by atoms with Crippen LogP contribution in [0.15, 0.2) is 0 Å². The Morgan fingerprint density at radius 1 is 1.25 bits per heavy atom. The van der Waals surface area contributed by atoms with Crippen molar-refractivity contribution in [3.63, 3.8) is 0 Å². The number of nitrogens with one attached hydrogen (secondary N) is 1. The van der Waals surface area contributed by atoms with Gasteiger partial charge in [0.15, 0.2) is 0 Å². The van der Waals surface area contributed by atoms with Crippen molar-refractivity contribution in [2.75, 3.05) is 6.54 Å². The second-order valence-corrected chi connectivity index (χ2v) is 4.49. The summed E-state index contributed by atoms with van der Waals surface area (Å²) in [5, 5.41) is 2.27. The molecule has 94 valence electrons. The van der Waals surface area contributed by atoms with Gasteiger partial charge in [0, 0.05) is 12.1 Å². The lowest BCUT2D eigenvalue weighted by atomic mass is 9.82. The van der Waals surface area contributed by atoms with Gasteiger partial charge in [0.2, 0.25) is 5.91 Å². The smallest absolute Gasteiger partial charge is 0.354 e. The van der Waals surface area contributed by atoms with E-state index in [0.29, 0.717) is 0 Å². The minimum Gasteiger partial charge on any atom is -0.354 e. The fourth-order valence-corrected chi connectivity index (χ4v) is 1.95. The molecular formula is C10H17F3N2O. The zero-order valence-electron chi connectivity index (χ0n) is 9.07. The molecule has 0 saturated heterocycles. The Morgan fingerprint density at radius 3 is 2.31 bits per heavy atom. The van der Waals surface area contributed by atoms with Crippen molar-refractivity contribution >= 4 is 5.91 Å². The molecule has 16 heavy (non-hydrogen) atoms. The first kappa shape index (κ1) is 13.3. The van der Waals surface area contributed by atoms with E-state index in [4.69, 9.17) is 5.73 Å². The van der Waals surface area contributed by atoms with Crippen LogP contribution in [-0.2, 0) is 4.79 Å². The SMILES string of the molecule is NC1(CNC(=O)CC(F)(F)F)CCCCC1. The number of carbonyl (C=O) groups excluding carboxylic acids is 1. The Labute approximate surface area is 92.6 Å². The number of alkyl halides is 3. The van der Waals surface area contributed by atoms with Crippen molar-refractivity contribution in [2.45, 2.75) is 50.2 Å². The molecule has 1 amide bonds. The average Bonchev–Trinajstić information content (AvgIpc) is 2.14. The number of halogens is 3. The highest BCUT2D eigenvalue weighted by atomic mass is 19.4. The van der Waals surface area contributed by atoms with Gasteiger partial charge in [-0.05, 0) is 12.8 Å². The van der Waals surface area contributed by atoms with Crippen molar-refractivity contribution in [3.8, 4) is 0 Å². The van der Waals surface area contributed by atoms with Crippen LogP contribution in [0, 0.1) is 0 Å². The van der Waals surface area contributed by atoms with E-state index in [1.54, 1.807) is 0 Å². The Morgan fingerprint density at radius 2 is 1.81 bits per heavy atom. The monoisotopic (exact) mass is 238 g/mol. The van der Waals surface area contributed by atoms with Crippen LogP contribution in [0.5, 0.6) is 0 Å². The summed E-state index contributed by atoms with van der Waals surface area (Å²) in [5.74, 6) is -0.997. The van der Waals surface area contributed by atoms with Crippen molar-refractivity contribution in [1.82, 2.24) is 5.32 Å². The first-order valence-electron chi connectivity index (χ1n) is 5.43. The maximum atomic E-state index is 11.9.